The molecule has 0 aliphatic rings. The molecule has 152 valence electrons. The van der Waals surface area contributed by atoms with Crippen LogP contribution in [0.2, 0.25) is 0 Å². The lowest BCUT2D eigenvalue weighted by molar-refractivity contribution is -0.130. The standard InChI is InChI=1S/C22H20N4O4/c1-2-26(13-23)21(28)19(11-14-12-24-18-10-6-5-7-15(14)18)25-20(27)16-8-3-4-9-17(16)22(29)30/h3-10,12,19,24H,2,11H2,1H3,(H,25,27)(H,29,30). The van der Waals surface area contributed by atoms with Crippen molar-refractivity contribution in [2.75, 3.05) is 6.54 Å². The number of fused-ring (bicyclic) bond motifs is 1. The number of para-hydroxylation sites is 1. The minimum atomic E-state index is -1.24. The van der Waals surface area contributed by atoms with Gasteiger partial charge in [0.2, 0.25) is 0 Å². The molecule has 1 heterocycles. The number of likely N-dealkylation sites (N-methyl/N-ethyl adjacent to an activating group) is 1. The van der Waals surface area contributed by atoms with Gasteiger partial charge in [-0.2, -0.15) is 5.26 Å². The van der Waals surface area contributed by atoms with Crippen LogP contribution in [-0.4, -0.2) is 45.4 Å². The van der Waals surface area contributed by atoms with Gasteiger partial charge in [0.05, 0.1) is 11.1 Å². The van der Waals surface area contributed by atoms with Gasteiger partial charge in [-0.25, -0.2) is 9.69 Å². The molecule has 8 nitrogen and oxygen atoms in total. The van der Waals surface area contributed by atoms with Crippen molar-refractivity contribution in [3.63, 3.8) is 0 Å². The smallest absolute Gasteiger partial charge is 0.336 e. The Bertz CT molecular complexity index is 1150. The van der Waals surface area contributed by atoms with Gasteiger partial charge in [0, 0.05) is 30.1 Å². The molecule has 1 unspecified atom stereocenters. The van der Waals surface area contributed by atoms with Crippen molar-refractivity contribution in [2.45, 2.75) is 19.4 Å². The van der Waals surface area contributed by atoms with E-state index in [1.54, 1.807) is 19.2 Å². The van der Waals surface area contributed by atoms with E-state index in [-0.39, 0.29) is 24.1 Å². The second kappa shape index (κ2) is 8.92. The SMILES string of the molecule is CCN(C#N)C(=O)C(Cc1c[nH]c2ccccc12)NC(=O)c1ccccc1C(=O)O. The molecular formula is C22H20N4O4. The minimum absolute atomic E-state index is 0.0540. The lowest BCUT2D eigenvalue weighted by atomic mass is 10.0. The fourth-order valence-corrected chi connectivity index (χ4v) is 3.29. The molecule has 0 aliphatic heterocycles. The topological polar surface area (TPSA) is 126 Å². The molecule has 8 heteroatoms. The number of nitrogens with zero attached hydrogens (tertiary/aromatic N) is 2. The molecule has 0 radical (unpaired) electrons. The van der Waals surface area contributed by atoms with Crippen molar-refractivity contribution in [3.05, 3.63) is 71.4 Å². The minimum Gasteiger partial charge on any atom is -0.478 e. The number of hydrogen-bond acceptors (Lipinski definition) is 4. The number of benzene rings is 2. The first kappa shape index (κ1) is 20.6. The van der Waals surface area contributed by atoms with Crippen LogP contribution in [0.25, 0.3) is 10.9 Å². The second-order valence-corrected chi connectivity index (χ2v) is 6.62. The van der Waals surface area contributed by atoms with Crippen molar-refractivity contribution in [3.8, 4) is 6.19 Å². The van der Waals surface area contributed by atoms with E-state index in [1.165, 1.54) is 18.2 Å². The van der Waals surface area contributed by atoms with Gasteiger partial charge in [-0.3, -0.25) is 9.59 Å². The average Bonchev–Trinajstić information content (AvgIpc) is 3.16. The molecule has 0 fully saturated rings. The first-order valence-electron chi connectivity index (χ1n) is 9.35. The van der Waals surface area contributed by atoms with Crippen LogP contribution in [0.1, 0.15) is 33.2 Å². The number of carboxylic acid groups (broad SMARTS) is 1. The number of carbonyl (C=O) groups excluding carboxylic acids is 2. The number of aromatic nitrogens is 1. The van der Waals surface area contributed by atoms with Crippen LogP contribution >= 0.6 is 0 Å². The molecule has 0 saturated heterocycles. The Labute approximate surface area is 172 Å². The monoisotopic (exact) mass is 404 g/mol. The Balaban J connectivity index is 1.94. The summed E-state index contributed by atoms with van der Waals surface area (Å²) in [6.45, 7) is 1.81. The van der Waals surface area contributed by atoms with Crippen molar-refractivity contribution < 1.29 is 19.5 Å². The quantitative estimate of drug-likeness (QED) is 0.412. The van der Waals surface area contributed by atoms with Crippen molar-refractivity contribution in [1.82, 2.24) is 15.2 Å². The maximum atomic E-state index is 12.9. The predicted molar refractivity (Wildman–Crippen MR) is 110 cm³/mol. The third-order valence-electron chi connectivity index (χ3n) is 4.81. The molecule has 30 heavy (non-hydrogen) atoms. The number of carboxylic acids is 1. The lowest BCUT2D eigenvalue weighted by Crippen LogP contribution is -2.48. The maximum Gasteiger partial charge on any atom is 0.336 e. The largest absolute Gasteiger partial charge is 0.478 e. The van der Waals surface area contributed by atoms with Gasteiger partial charge in [-0.15, -0.1) is 0 Å². The van der Waals surface area contributed by atoms with E-state index in [1.807, 2.05) is 30.5 Å². The van der Waals surface area contributed by atoms with Gasteiger partial charge >= 0.3 is 5.97 Å². The number of aromatic amines is 1. The van der Waals surface area contributed by atoms with Crippen molar-refractivity contribution in [1.29, 1.82) is 5.26 Å². The van der Waals surface area contributed by atoms with Crippen LogP contribution in [0.15, 0.2) is 54.7 Å². The van der Waals surface area contributed by atoms with Crippen molar-refractivity contribution in [2.24, 2.45) is 0 Å². The zero-order valence-electron chi connectivity index (χ0n) is 16.3. The lowest BCUT2D eigenvalue weighted by Gasteiger charge is -2.22. The molecule has 0 saturated carbocycles. The molecule has 1 aromatic heterocycles. The summed E-state index contributed by atoms with van der Waals surface area (Å²) >= 11 is 0. The Morgan fingerprint density at radius 1 is 1.13 bits per heavy atom. The third kappa shape index (κ3) is 4.15. The molecule has 0 spiro atoms. The first-order valence-corrected chi connectivity index (χ1v) is 9.35. The Hall–Kier alpha value is -4.12. The zero-order chi connectivity index (χ0) is 21.7. The third-order valence-corrected chi connectivity index (χ3v) is 4.81. The highest BCUT2D eigenvalue weighted by atomic mass is 16.4. The summed E-state index contributed by atoms with van der Waals surface area (Å²) in [5, 5.41) is 22.1. The molecule has 2 amide bonds. The van der Waals surface area contributed by atoms with E-state index in [2.05, 4.69) is 10.3 Å². The number of H-pyrrole nitrogens is 1. The maximum absolute atomic E-state index is 12.9. The van der Waals surface area contributed by atoms with Crippen molar-refractivity contribution >= 4 is 28.7 Å². The highest BCUT2D eigenvalue weighted by molar-refractivity contribution is 6.06. The van der Waals surface area contributed by atoms with Crippen LogP contribution in [0.4, 0.5) is 0 Å². The number of amides is 2. The molecule has 2 aromatic carbocycles. The number of rotatable bonds is 7. The number of nitrogens with one attached hydrogen (secondary N) is 2. The van der Waals surface area contributed by atoms with E-state index in [9.17, 15) is 24.8 Å². The summed E-state index contributed by atoms with van der Waals surface area (Å²) in [6.07, 6.45) is 3.72. The van der Waals surface area contributed by atoms with Gasteiger partial charge in [0.15, 0.2) is 6.19 Å². The van der Waals surface area contributed by atoms with Gasteiger partial charge < -0.3 is 15.4 Å². The van der Waals surface area contributed by atoms with Crippen LogP contribution in [0.3, 0.4) is 0 Å². The molecule has 3 N–H and O–H groups in total. The van der Waals surface area contributed by atoms with E-state index in [0.29, 0.717) is 0 Å². The summed E-state index contributed by atoms with van der Waals surface area (Å²) < 4.78 is 0. The molecule has 1 atom stereocenters. The Morgan fingerprint density at radius 2 is 1.80 bits per heavy atom. The molecular weight excluding hydrogens is 384 g/mol. The zero-order valence-corrected chi connectivity index (χ0v) is 16.3. The van der Waals surface area contributed by atoms with E-state index < -0.39 is 23.8 Å². The van der Waals surface area contributed by atoms with Gasteiger partial charge in [-0.1, -0.05) is 30.3 Å². The summed E-state index contributed by atoms with van der Waals surface area (Å²) in [5.74, 6) is -2.50. The Kier molecular flexibility index (Phi) is 6.13. The summed E-state index contributed by atoms with van der Waals surface area (Å²) in [4.78, 5) is 41.3. The summed E-state index contributed by atoms with van der Waals surface area (Å²) in [7, 11) is 0. The fourth-order valence-electron chi connectivity index (χ4n) is 3.29. The highest BCUT2D eigenvalue weighted by Crippen LogP contribution is 2.20. The van der Waals surface area contributed by atoms with Crippen LogP contribution < -0.4 is 5.32 Å². The second-order valence-electron chi connectivity index (χ2n) is 6.62. The predicted octanol–water partition coefficient (Wildman–Crippen LogP) is 2.54. The fraction of sp³-hybridized carbons (Fsp3) is 0.182. The highest BCUT2D eigenvalue weighted by Gasteiger charge is 2.28. The molecule has 3 aromatic rings. The van der Waals surface area contributed by atoms with E-state index in [4.69, 9.17) is 0 Å². The summed E-state index contributed by atoms with van der Waals surface area (Å²) in [6, 6.07) is 12.3. The number of hydrogen-bond donors (Lipinski definition) is 3. The number of carbonyl (C=O) groups is 3. The normalized spacial score (nSPS) is 11.5. The van der Waals surface area contributed by atoms with Crippen LogP contribution in [-0.2, 0) is 11.2 Å². The van der Waals surface area contributed by atoms with E-state index >= 15 is 0 Å². The summed E-state index contributed by atoms with van der Waals surface area (Å²) in [5.41, 5.74) is 1.46. The number of nitriles is 1. The van der Waals surface area contributed by atoms with Crippen LogP contribution in [0.5, 0.6) is 0 Å². The van der Waals surface area contributed by atoms with Crippen LogP contribution in [0, 0.1) is 11.5 Å². The number of aromatic carboxylic acids is 1. The van der Waals surface area contributed by atoms with E-state index in [0.717, 1.165) is 21.4 Å². The van der Waals surface area contributed by atoms with Gasteiger partial charge in [-0.05, 0) is 30.7 Å². The molecule has 0 aliphatic carbocycles. The van der Waals surface area contributed by atoms with Gasteiger partial charge in [0.25, 0.3) is 11.8 Å². The molecule has 0 bridgehead atoms. The molecule has 3 rings (SSSR count). The average molecular weight is 404 g/mol. The Morgan fingerprint density at radius 3 is 2.47 bits per heavy atom. The van der Waals surface area contributed by atoms with Gasteiger partial charge in [0.1, 0.15) is 6.04 Å². The first-order chi connectivity index (χ1) is 14.5.